The molecule has 0 unspecified atom stereocenters. The van der Waals surface area contributed by atoms with E-state index in [0.29, 0.717) is 0 Å². The summed E-state index contributed by atoms with van der Waals surface area (Å²) < 4.78 is 1.10. The average molecular weight is 318 g/mol. The van der Waals surface area contributed by atoms with Gasteiger partial charge in [0.15, 0.2) is 0 Å². The Kier molecular flexibility index (Phi) is 4.14. The zero-order valence-electron chi connectivity index (χ0n) is 10.3. The molecule has 94 valence electrons. The van der Waals surface area contributed by atoms with E-state index in [2.05, 4.69) is 46.1 Å². The minimum Gasteiger partial charge on any atom is -0.314 e. The van der Waals surface area contributed by atoms with Crippen molar-refractivity contribution in [1.82, 2.24) is 10.2 Å². The fourth-order valence-electron chi connectivity index (χ4n) is 2.17. The second kappa shape index (κ2) is 5.27. The highest BCUT2D eigenvalue weighted by molar-refractivity contribution is 9.10. The average Bonchev–Trinajstić information content (AvgIpc) is 2.24. The molecule has 0 amide bonds. The first-order chi connectivity index (χ1) is 7.99. The molecule has 0 saturated carbocycles. The van der Waals surface area contributed by atoms with Gasteiger partial charge in [0.2, 0.25) is 0 Å². The van der Waals surface area contributed by atoms with Crippen molar-refractivity contribution in [3.8, 4) is 0 Å². The molecule has 1 aromatic carbocycles. The molecule has 1 aromatic rings. The maximum Gasteiger partial charge on any atom is 0.0417 e. The van der Waals surface area contributed by atoms with Crippen LogP contribution in [0.4, 0.5) is 0 Å². The van der Waals surface area contributed by atoms with Crippen molar-refractivity contribution in [2.24, 2.45) is 0 Å². The molecule has 1 N–H and O–H groups in total. The number of hydrogen-bond acceptors (Lipinski definition) is 2. The van der Waals surface area contributed by atoms with Crippen molar-refractivity contribution < 1.29 is 0 Å². The van der Waals surface area contributed by atoms with E-state index < -0.39 is 0 Å². The summed E-state index contributed by atoms with van der Waals surface area (Å²) in [5.74, 6) is 0. The van der Waals surface area contributed by atoms with Crippen molar-refractivity contribution in [3.63, 3.8) is 0 Å². The lowest BCUT2D eigenvalue weighted by molar-refractivity contribution is 0.0825. The lowest BCUT2D eigenvalue weighted by Crippen LogP contribution is -2.57. The maximum absolute atomic E-state index is 5.96. The summed E-state index contributed by atoms with van der Waals surface area (Å²) >= 11 is 9.55. The summed E-state index contributed by atoms with van der Waals surface area (Å²) in [6.07, 6.45) is 0. The second-order valence-electron chi connectivity index (χ2n) is 5.15. The molecular weight excluding hydrogens is 300 g/mol. The zero-order valence-corrected chi connectivity index (χ0v) is 12.6. The van der Waals surface area contributed by atoms with Gasteiger partial charge >= 0.3 is 0 Å². The number of nitrogens with zero attached hydrogens (tertiary/aromatic N) is 1. The third-order valence-corrected chi connectivity index (χ3v) is 4.32. The predicted molar refractivity (Wildman–Crippen MR) is 76.5 cm³/mol. The van der Waals surface area contributed by atoms with E-state index in [9.17, 15) is 0 Å². The first kappa shape index (κ1) is 13.3. The van der Waals surface area contributed by atoms with Crippen LogP contribution in [0.5, 0.6) is 0 Å². The number of halogens is 2. The topological polar surface area (TPSA) is 15.3 Å². The van der Waals surface area contributed by atoms with Crippen molar-refractivity contribution in [2.45, 2.75) is 25.9 Å². The van der Waals surface area contributed by atoms with E-state index in [1.807, 2.05) is 12.1 Å². The highest BCUT2D eigenvalue weighted by atomic mass is 79.9. The van der Waals surface area contributed by atoms with Gasteiger partial charge in [-0.05, 0) is 31.5 Å². The summed E-state index contributed by atoms with van der Waals surface area (Å²) in [5, 5.41) is 4.22. The Balaban J connectivity index is 2.14. The number of nitrogens with one attached hydrogen (secondary N) is 1. The minimum absolute atomic E-state index is 0.206. The van der Waals surface area contributed by atoms with Crippen molar-refractivity contribution in [3.05, 3.63) is 33.3 Å². The summed E-state index contributed by atoms with van der Waals surface area (Å²) in [6, 6.07) is 6.02. The predicted octanol–water partition coefficient (Wildman–Crippen LogP) is 3.29. The standard InChI is InChI=1S/C13H18BrClN2/c1-13(2)9-16-5-6-17(13)8-10-3-4-11(15)7-12(10)14/h3-4,7,16H,5-6,8-9H2,1-2H3. The highest BCUT2D eigenvalue weighted by Crippen LogP contribution is 2.26. The Morgan fingerprint density at radius 3 is 2.88 bits per heavy atom. The van der Waals surface area contributed by atoms with Gasteiger partial charge < -0.3 is 5.32 Å². The van der Waals surface area contributed by atoms with E-state index in [1.165, 1.54) is 5.56 Å². The number of benzene rings is 1. The van der Waals surface area contributed by atoms with Gasteiger partial charge in [0.25, 0.3) is 0 Å². The lowest BCUT2D eigenvalue weighted by Gasteiger charge is -2.43. The van der Waals surface area contributed by atoms with Crippen LogP contribution in [0.15, 0.2) is 22.7 Å². The van der Waals surface area contributed by atoms with Crippen LogP contribution in [0, 0.1) is 0 Å². The third kappa shape index (κ3) is 3.22. The Labute approximate surface area is 116 Å². The summed E-state index contributed by atoms with van der Waals surface area (Å²) in [5.41, 5.74) is 1.50. The van der Waals surface area contributed by atoms with Crippen LogP contribution in [0.3, 0.4) is 0 Å². The number of piperazine rings is 1. The van der Waals surface area contributed by atoms with E-state index in [0.717, 1.165) is 35.7 Å². The van der Waals surface area contributed by atoms with Crippen LogP contribution >= 0.6 is 27.5 Å². The van der Waals surface area contributed by atoms with Crippen molar-refractivity contribution in [2.75, 3.05) is 19.6 Å². The lowest BCUT2D eigenvalue weighted by atomic mass is 9.99. The van der Waals surface area contributed by atoms with E-state index in [1.54, 1.807) is 0 Å². The van der Waals surface area contributed by atoms with Gasteiger partial charge in [-0.2, -0.15) is 0 Å². The summed E-state index contributed by atoms with van der Waals surface area (Å²) in [7, 11) is 0. The van der Waals surface area contributed by atoms with Crippen LogP contribution in [0.25, 0.3) is 0 Å². The summed E-state index contributed by atoms with van der Waals surface area (Å²) in [6.45, 7) is 8.72. The molecule has 0 atom stereocenters. The van der Waals surface area contributed by atoms with Crippen molar-refractivity contribution >= 4 is 27.5 Å². The molecule has 1 aliphatic rings. The Hall–Kier alpha value is -0.0900. The monoisotopic (exact) mass is 316 g/mol. The molecule has 17 heavy (non-hydrogen) atoms. The normalized spacial score (nSPS) is 20.5. The Morgan fingerprint density at radius 1 is 1.47 bits per heavy atom. The van der Waals surface area contributed by atoms with Gasteiger partial charge in [-0.15, -0.1) is 0 Å². The van der Waals surface area contributed by atoms with Crippen LogP contribution in [0.1, 0.15) is 19.4 Å². The Morgan fingerprint density at radius 2 is 2.24 bits per heavy atom. The largest absolute Gasteiger partial charge is 0.314 e. The molecule has 1 saturated heterocycles. The third-order valence-electron chi connectivity index (χ3n) is 3.35. The molecule has 1 heterocycles. The number of rotatable bonds is 2. The van der Waals surface area contributed by atoms with Crippen LogP contribution in [-0.4, -0.2) is 30.1 Å². The van der Waals surface area contributed by atoms with Gasteiger partial charge in [0, 0.05) is 41.2 Å². The first-order valence-corrected chi connectivity index (χ1v) is 7.06. The van der Waals surface area contributed by atoms with Crippen LogP contribution in [0.2, 0.25) is 5.02 Å². The second-order valence-corrected chi connectivity index (χ2v) is 6.44. The molecule has 0 aliphatic carbocycles. The van der Waals surface area contributed by atoms with Crippen LogP contribution < -0.4 is 5.32 Å². The molecule has 0 aromatic heterocycles. The summed E-state index contributed by atoms with van der Waals surface area (Å²) in [4.78, 5) is 2.51. The molecule has 0 radical (unpaired) electrons. The van der Waals surface area contributed by atoms with E-state index in [-0.39, 0.29) is 5.54 Å². The van der Waals surface area contributed by atoms with Gasteiger partial charge in [-0.1, -0.05) is 33.6 Å². The van der Waals surface area contributed by atoms with Gasteiger partial charge in [0.05, 0.1) is 0 Å². The molecule has 4 heteroatoms. The van der Waals surface area contributed by atoms with E-state index >= 15 is 0 Å². The molecule has 1 aliphatic heterocycles. The minimum atomic E-state index is 0.206. The molecule has 0 spiro atoms. The molecular formula is C13H18BrClN2. The van der Waals surface area contributed by atoms with Crippen LogP contribution in [-0.2, 0) is 6.54 Å². The fraction of sp³-hybridized carbons (Fsp3) is 0.538. The van der Waals surface area contributed by atoms with Gasteiger partial charge in [0.1, 0.15) is 0 Å². The SMILES string of the molecule is CC1(C)CNCCN1Cc1ccc(Cl)cc1Br. The first-order valence-electron chi connectivity index (χ1n) is 5.89. The molecule has 2 rings (SSSR count). The maximum atomic E-state index is 5.96. The number of hydrogen-bond donors (Lipinski definition) is 1. The molecule has 1 fully saturated rings. The Bertz CT molecular complexity index is 406. The zero-order chi connectivity index (χ0) is 12.5. The smallest absolute Gasteiger partial charge is 0.0417 e. The van der Waals surface area contributed by atoms with Gasteiger partial charge in [-0.25, -0.2) is 0 Å². The fourth-order valence-corrected chi connectivity index (χ4v) is 2.98. The highest BCUT2D eigenvalue weighted by Gasteiger charge is 2.29. The van der Waals surface area contributed by atoms with Gasteiger partial charge in [-0.3, -0.25) is 4.90 Å². The molecule has 0 bridgehead atoms. The quantitative estimate of drug-likeness (QED) is 0.900. The molecule has 2 nitrogen and oxygen atoms in total. The van der Waals surface area contributed by atoms with E-state index in [4.69, 9.17) is 11.6 Å². The van der Waals surface area contributed by atoms with Crippen molar-refractivity contribution in [1.29, 1.82) is 0 Å².